The molecule has 0 spiro atoms. The minimum absolute atomic E-state index is 0.101. The fourth-order valence-electron chi connectivity index (χ4n) is 0.696. The fourth-order valence-corrected chi connectivity index (χ4v) is 0.696. The van der Waals surface area contributed by atoms with Crippen molar-refractivity contribution in [1.29, 1.82) is 0 Å². The molecule has 0 fully saturated rings. The first kappa shape index (κ1) is 11.7. The lowest BCUT2D eigenvalue weighted by Crippen LogP contribution is -2.40. The first-order chi connectivity index (χ1) is 5.93. The SMILES string of the molecule is NC(=O)NCC(O)C[C@H](N)C(=O)O. The van der Waals surface area contributed by atoms with Gasteiger partial charge in [-0.15, -0.1) is 0 Å². The molecule has 0 radical (unpaired) electrons. The first-order valence-electron chi connectivity index (χ1n) is 3.63. The van der Waals surface area contributed by atoms with E-state index in [1.165, 1.54) is 0 Å². The molecule has 13 heavy (non-hydrogen) atoms. The average molecular weight is 191 g/mol. The van der Waals surface area contributed by atoms with E-state index in [-0.39, 0.29) is 13.0 Å². The van der Waals surface area contributed by atoms with Gasteiger partial charge in [-0.1, -0.05) is 0 Å². The van der Waals surface area contributed by atoms with E-state index >= 15 is 0 Å². The number of hydrogen-bond donors (Lipinski definition) is 5. The number of urea groups is 1. The van der Waals surface area contributed by atoms with Crippen LogP contribution >= 0.6 is 0 Å². The molecule has 0 aromatic carbocycles. The van der Waals surface area contributed by atoms with Crippen LogP contribution in [0.3, 0.4) is 0 Å². The van der Waals surface area contributed by atoms with Crippen LogP contribution in [0.25, 0.3) is 0 Å². The van der Waals surface area contributed by atoms with Crippen LogP contribution in [-0.4, -0.2) is 40.9 Å². The topological polar surface area (TPSA) is 139 Å². The summed E-state index contributed by atoms with van der Waals surface area (Å²) in [6, 6.07) is -1.91. The molecule has 0 saturated heterocycles. The fraction of sp³-hybridized carbons (Fsp3) is 0.667. The molecule has 7 nitrogen and oxygen atoms in total. The molecule has 7 N–H and O–H groups in total. The van der Waals surface area contributed by atoms with Gasteiger partial charge in [0.25, 0.3) is 0 Å². The third kappa shape index (κ3) is 5.88. The molecular formula is C6H13N3O4. The molecule has 0 aromatic heterocycles. The lowest BCUT2D eigenvalue weighted by molar-refractivity contribution is -0.139. The number of aliphatic carboxylic acids is 1. The predicted octanol–water partition coefficient (Wildman–Crippen LogP) is -2.18. The summed E-state index contributed by atoms with van der Waals surface area (Å²) >= 11 is 0. The zero-order chi connectivity index (χ0) is 10.4. The number of amides is 2. The summed E-state index contributed by atoms with van der Waals surface area (Å²) in [5, 5.41) is 19.6. The maximum Gasteiger partial charge on any atom is 0.320 e. The number of carbonyl (C=O) groups excluding carboxylic acids is 1. The molecule has 0 saturated carbocycles. The van der Waals surface area contributed by atoms with Gasteiger partial charge in [-0.3, -0.25) is 4.79 Å². The van der Waals surface area contributed by atoms with E-state index in [9.17, 15) is 9.59 Å². The quantitative estimate of drug-likeness (QED) is 0.336. The van der Waals surface area contributed by atoms with E-state index in [2.05, 4.69) is 5.32 Å². The Labute approximate surface area is 74.7 Å². The second kappa shape index (κ2) is 5.33. The molecular weight excluding hydrogens is 178 g/mol. The molecule has 0 aliphatic rings. The lowest BCUT2D eigenvalue weighted by Gasteiger charge is -2.12. The lowest BCUT2D eigenvalue weighted by atomic mass is 10.1. The molecule has 2 atom stereocenters. The van der Waals surface area contributed by atoms with Crippen LogP contribution < -0.4 is 16.8 Å². The molecule has 0 aromatic rings. The zero-order valence-electron chi connectivity index (χ0n) is 6.93. The van der Waals surface area contributed by atoms with Gasteiger partial charge in [0.2, 0.25) is 0 Å². The third-order valence-corrected chi connectivity index (χ3v) is 1.36. The predicted molar refractivity (Wildman–Crippen MR) is 43.8 cm³/mol. The number of carboxylic acid groups (broad SMARTS) is 1. The van der Waals surface area contributed by atoms with Crippen molar-refractivity contribution in [3.8, 4) is 0 Å². The maximum absolute atomic E-state index is 10.2. The Hall–Kier alpha value is -1.34. The largest absolute Gasteiger partial charge is 0.480 e. The maximum atomic E-state index is 10.2. The van der Waals surface area contributed by atoms with Crippen LogP contribution in [0.2, 0.25) is 0 Å². The van der Waals surface area contributed by atoms with Gasteiger partial charge in [-0.05, 0) is 0 Å². The Morgan fingerprint density at radius 1 is 1.46 bits per heavy atom. The van der Waals surface area contributed by atoms with Crippen LogP contribution in [-0.2, 0) is 4.79 Å². The molecule has 0 heterocycles. The van der Waals surface area contributed by atoms with E-state index in [4.69, 9.17) is 21.7 Å². The van der Waals surface area contributed by atoms with Crippen molar-refractivity contribution in [2.75, 3.05) is 6.54 Å². The zero-order valence-corrected chi connectivity index (χ0v) is 6.93. The van der Waals surface area contributed by atoms with E-state index < -0.39 is 24.1 Å². The van der Waals surface area contributed by atoms with E-state index in [1.807, 2.05) is 0 Å². The number of rotatable bonds is 5. The van der Waals surface area contributed by atoms with Crippen molar-refractivity contribution in [2.45, 2.75) is 18.6 Å². The molecule has 2 amide bonds. The van der Waals surface area contributed by atoms with Crippen LogP contribution in [0.4, 0.5) is 4.79 Å². The van der Waals surface area contributed by atoms with Gasteiger partial charge in [0.1, 0.15) is 6.04 Å². The summed E-state index contributed by atoms with van der Waals surface area (Å²) in [5.41, 5.74) is 9.84. The highest BCUT2D eigenvalue weighted by Gasteiger charge is 2.16. The molecule has 1 unspecified atom stereocenters. The van der Waals surface area contributed by atoms with Gasteiger partial charge in [-0.25, -0.2) is 4.79 Å². The van der Waals surface area contributed by atoms with Gasteiger partial charge >= 0.3 is 12.0 Å². The number of hydrogen-bond acceptors (Lipinski definition) is 4. The second-order valence-corrected chi connectivity index (χ2v) is 2.58. The molecule has 0 aliphatic heterocycles. The van der Waals surface area contributed by atoms with Gasteiger partial charge in [0, 0.05) is 13.0 Å². The van der Waals surface area contributed by atoms with Gasteiger partial charge in [0.15, 0.2) is 0 Å². The van der Waals surface area contributed by atoms with Gasteiger partial charge in [-0.2, -0.15) is 0 Å². The summed E-state index contributed by atoms with van der Waals surface area (Å²) < 4.78 is 0. The summed E-state index contributed by atoms with van der Waals surface area (Å²) in [7, 11) is 0. The van der Waals surface area contributed by atoms with Crippen molar-refractivity contribution in [3.05, 3.63) is 0 Å². The number of primary amides is 1. The van der Waals surface area contributed by atoms with E-state index in [0.29, 0.717) is 0 Å². The number of aliphatic hydroxyl groups is 1. The normalized spacial score (nSPS) is 14.6. The molecule has 0 bridgehead atoms. The highest BCUT2D eigenvalue weighted by Crippen LogP contribution is 1.94. The van der Waals surface area contributed by atoms with Gasteiger partial charge in [0.05, 0.1) is 6.10 Å². The number of nitrogens with one attached hydrogen (secondary N) is 1. The minimum Gasteiger partial charge on any atom is -0.480 e. The van der Waals surface area contributed by atoms with Crippen LogP contribution in [0.15, 0.2) is 0 Å². The number of carbonyl (C=O) groups is 2. The van der Waals surface area contributed by atoms with E-state index in [0.717, 1.165) is 0 Å². The second-order valence-electron chi connectivity index (χ2n) is 2.58. The van der Waals surface area contributed by atoms with Crippen LogP contribution in [0.1, 0.15) is 6.42 Å². The molecule has 0 aliphatic carbocycles. The Balaban J connectivity index is 3.67. The Kier molecular flexibility index (Phi) is 4.78. The first-order valence-corrected chi connectivity index (χ1v) is 3.63. The molecule has 0 rings (SSSR count). The Morgan fingerprint density at radius 3 is 2.38 bits per heavy atom. The van der Waals surface area contributed by atoms with Crippen LogP contribution in [0.5, 0.6) is 0 Å². The number of nitrogens with two attached hydrogens (primary N) is 2. The summed E-state index contributed by atoms with van der Waals surface area (Å²) in [5.74, 6) is -1.20. The van der Waals surface area contributed by atoms with Crippen molar-refractivity contribution >= 4 is 12.0 Å². The summed E-state index contributed by atoms with van der Waals surface area (Å²) in [6.45, 7) is -0.101. The van der Waals surface area contributed by atoms with E-state index in [1.54, 1.807) is 0 Å². The third-order valence-electron chi connectivity index (χ3n) is 1.36. The van der Waals surface area contributed by atoms with Crippen molar-refractivity contribution in [2.24, 2.45) is 11.5 Å². The monoisotopic (exact) mass is 191 g/mol. The minimum atomic E-state index is -1.20. The van der Waals surface area contributed by atoms with Crippen molar-refractivity contribution < 1.29 is 19.8 Å². The summed E-state index contributed by atoms with van der Waals surface area (Å²) in [4.78, 5) is 20.4. The standard InChI is InChI=1S/C6H13N3O4/c7-4(5(11)12)1-3(10)2-9-6(8)13/h3-4,10H,1-2,7H2,(H,11,12)(H3,8,9,13)/t3?,4-/m0/s1. The Morgan fingerprint density at radius 2 is 2.00 bits per heavy atom. The highest BCUT2D eigenvalue weighted by atomic mass is 16.4. The smallest absolute Gasteiger partial charge is 0.320 e. The molecule has 7 heteroatoms. The Bertz CT molecular complexity index is 196. The van der Waals surface area contributed by atoms with Crippen LogP contribution in [0, 0.1) is 0 Å². The number of aliphatic hydroxyl groups excluding tert-OH is 1. The highest BCUT2D eigenvalue weighted by molar-refractivity contribution is 5.73. The average Bonchev–Trinajstić information content (AvgIpc) is 2.00. The summed E-state index contributed by atoms with van der Waals surface area (Å²) in [6.07, 6.45) is -1.13. The van der Waals surface area contributed by atoms with Crippen molar-refractivity contribution in [1.82, 2.24) is 5.32 Å². The number of carboxylic acids is 1. The van der Waals surface area contributed by atoms with Gasteiger partial charge < -0.3 is 27.0 Å². The van der Waals surface area contributed by atoms with Crippen molar-refractivity contribution in [3.63, 3.8) is 0 Å². The molecule has 76 valence electrons.